The van der Waals surface area contributed by atoms with E-state index in [4.69, 9.17) is 0 Å². The van der Waals surface area contributed by atoms with Gasteiger partial charge in [0.05, 0.1) is 0 Å². The minimum atomic E-state index is 0. The molecule has 5 heteroatoms. The van der Waals surface area contributed by atoms with E-state index in [2.05, 4.69) is 16.5 Å². The van der Waals surface area contributed by atoms with Crippen LogP contribution in [0.1, 0.15) is 11.6 Å². The van der Waals surface area contributed by atoms with E-state index in [0.29, 0.717) is 5.92 Å². The highest BCUT2D eigenvalue weighted by Gasteiger charge is 2.20. The molecule has 1 aromatic rings. The summed E-state index contributed by atoms with van der Waals surface area (Å²) in [6, 6.07) is 2.09. The number of rotatable bonds is 1. The molecule has 1 aromatic heterocycles. The molecule has 0 amide bonds. The van der Waals surface area contributed by atoms with E-state index in [0.717, 1.165) is 13.1 Å². The van der Waals surface area contributed by atoms with Gasteiger partial charge < -0.3 is 5.32 Å². The molecule has 2 rings (SSSR count). The van der Waals surface area contributed by atoms with Gasteiger partial charge in [-0.1, -0.05) is 0 Å². The quantitative estimate of drug-likeness (QED) is 0.747. The van der Waals surface area contributed by atoms with Gasteiger partial charge in [0.15, 0.2) is 0 Å². The predicted molar refractivity (Wildman–Crippen MR) is 53.3 cm³/mol. The van der Waals surface area contributed by atoms with Crippen LogP contribution in [-0.2, 0) is 7.05 Å². The third kappa shape index (κ3) is 1.91. The fraction of sp³-hybridized carbons (Fsp3) is 0.571. The highest BCUT2D eigenvalue weighted by molar-refractivity contribution is 5.85. The van der Waals surface area contributed by atoms with Crippen molar-refractivity contribution in [1.29, 1.82) is 0 Å². The van der Waals surface area contributed by atoms with Gasteiger partial charge in [-0.05, 0) is 6.07 Å². The number of halogens is 2. The van der Waals surface area contributed by atoms with Crippen molar-refractivity contribution >= 4 is 24.8 Å². The van der Waals surface area contributed by atoms with E-state index in [1.54, 1.807) is 0 Å². The Kier molecular flexibility index (Phi) is 4.60. The maximum Gasteiger partial charge on any atom is 0.0492 e. The molecule has 1 N–H and O–H groups in total. The van der Waals surface area contributed by atoms with Gasteiger partial charge in [-0.3, -0.25) is 4.68 Å². The molecule has 1 saturated heterocycles. The molecule has 3 nitrogen and oxygen atoms in total. The highest BCUT2D eigenvalue weighted by atomic mass is 35.5. The zero-order valence-corrected chi connectivity index (χ0v) is 8.49. The molecule has 2 heterocycles. The van der Waals surface area contributed by atoms with Gasteiger partial charge in [-0.15, -0.1) is 24.8 Å². The van der Waals surface area contributed by atoms with E-state index in [1.165, 1.54) is 5.69 Å². The standard InChI is InChI=1S/C7H11N3.2ClH/c1-10-7(2-3-9-10)6-4-8-5-6;;/h2-3,6,8H,4-5H2,1H3;2*1H. The molecule has 0 aliphatic carbocycles. The number of aromatic nitrogens is 2. The largest absolute Gasteiger partial charge is 0.315 e. The molecule has 1 aliphatic rings. The van der Waals surface area contributed by atoms with Gasteiger partial charge in [0.1, 0.15) is 0 Å². The van der Waals surface area contributed by atoms with Crippen LogP contribution in [0.15, 0.2) is 12.3 Å². The summed E-state index contributed by atoms with van der Waals surface area (Å²) >= 11 is 0. The Morgan fingerprint density at radius 1 is 1.50 bits per heavy atom. The summed E-state index contributed by atoms with van der Waals surface area (Å²) in [6.45, 7) is 2.22. The van der Waals surface area contributed by atoms with Crippen molar-refractivity contribution in [2.24, 2.45) is 7.05 Å². The topological polar surface area (TPSA) is 29.9 Å². The number of aryl methyl sites for hydroxylation is 1. The van der Waals surface area contributed by atoms with Crippen molar-refractivity contribution in [2.45, 2.75) is 5.92 Å². The third-order valence-corrected chi connectivity index (χ3v) is 2.06. The van der Waals surface area contributed by atoms with Gasteiger partial charge in [0.25, 0.3) is 0 Å². The molecule has 0 aromatic carbocycles. The number of nitrogens with one attached hydrogen (secondary N) is 1. The molecule has 0 saturated carbocycles. The number of hydrogen-bond donors (Lipinski definition) is 1. The summed E-state index contributed by atoms with van der Waals surface area (Å²) in [7, 11) is 1.99. The average Bonchev–Trinajstić information content (AvgIpc) is 2.12. The summed E-state index contributed by atoms with van der Waals surface area (Å²) in [4.78, 5) is 0. The SMILES string of the molecule is Cl.Cl.Cn1nccc1C1CNC1. The molecule has 1 fully saturated rings. The fourth-order valence-corrected chi connectivity index (χ4v) is 1.28. The minimum Gasteiger partial charge on any atom is -0.315 e. The molecule has 0 unspecified atom stereocenters. The van der Waals surface area contributed by atoms with E-state index in [1.807, 2.05) is 17.9 Å². The first-order valence-electron chi connectivity index (χ1n) is 3.56. The summed E-state index contributed by atoms with van der Waals surface area (Å²) in [5, 5.41) is 7.34. The van der Waals surface area contributed by atoms with Crippen LogP contribution < -0.4 is 5.32 Å². The van der Waals surface area contributed by atoms with Gasteiger partial charge in [-0.25, -0.2) is 0 Å². The normalized spacial score (nSPS) is 15.8. The molecule has 0 atom stereocenters. The predicted octanol–water partition coefficient (Wildman–Crippen LogP) is 0.950. The molecular formula is C7H13Cl2N3. The van der Waals surface area contributed by atoms with Gasteiger partial charge in [0, 0.05) is 37.9 Å². The second-order valence-corrected chi connectivity index (χ2v) is 2.73. The number of nitrogens with zero attached hydrogens (tertiary/aromatic N) is 2. The first kappa shape index (κ1) is 11.8. The maximum atomic E-state index is 4.11. The Morgan fingerprint density at radius 3 is 2.50 bits per heavy atom. The van der Waals surface area contributed by atoms with Crippen LogP contribution in [-0.4, -0.2) is 22.9 Å². The van der Waals surface area contributed by atoms with Gasteiger partial charge >= 0.3 is 0 Å². The summed E-state index contributed by atoms with van der Waals surface area (Å²) < 4.78 is 1.95. The fourth-order valence-electron chi connectivity index (χ4n) is 1.28. The second kappa shape index (κ2) is 4.70. The van der Waals surface area contributed by atoms with Crippen molar-refractivity contribution in [3.8, 4) is 0 Å². The first-order valence-corrected chi connectivity index (χ1v) is 3.56. The molecule has 0 bridgehead atoms. The van der Waals surface area contributed by atoms with Crippen LogP contribution in [0.25, 0.3) is 0 Å². The zero-order valence-electron chi connectivity index (χ0n) is 6.86. The van der Waals surface area contributed by atoms with Gasteiger partial charge in [-0.2, -0.15) is 5.10 Å². The Bertz CT molecular complexity index is 232. The maximum absolute atomic E-state index is 4.11. The monoisotopic (exact) mass is 209 g/mol. The van der Waals surface area contributed by atoms with Crippen molar-refractivity contribution in [2.75, 3.05) is 13.1 Å². The Morgan fingerprint density at radius 2 is 2.17 bits per heavy atom. The molecule has 1 aliphatic heterocycles. The van der Waals surface area contributed by atoms with Crippen molar-refractivity contribution in [1.82, 2.24) is 15.1 Å². The lowest BCUT2D eigenvalue weighted by molar-refractivity contribution is 0.424. The highest BCUT2D eigenvalue weighted by Crippen LogP contribution is 2.17. The van der Waals surface area contributed by atoms with Crippen LogP contribution in [0.3, 0.4) is 0 Å². The molecule has 70 valence electrons. The van der Waals surface area contributed by atoms with Crippen LogP contribution in [0.5, 0.6) is 0 Å². The van der Waals surface area contributed by atoms with Crippen LogP contribution in [0.4, 0.5) is 0 Å². The molecular weight excluding hydrogens is 197 g/mol. The first-order chi connectivity index (χ1) is 4.88. The summed E-state index contributed by atoms with van der Waals surface area (Å²) in [5.74, 6) is 0.701. The minimum absolute atomic E-state index is 0. The van der Waals surface area contributed by atoms with Crippen LogP contribution in [0, 0.1) is 0 Å². The second-order valence-electron chi connectivity index (χ2n) is 2.73. The molecule has 12 heavy (non-hydrogen) atoms. The zero-order chi connectivity index (χ0) is 6.97. The van der Waals surface area contributed by atoms with E-state index in [-0.39, 0.29) is 24.8 Å². The van der Waals surface area contributed by atoms with Gasteiger partial charge in [0.2, 0.25) is 0 Å². The summed E-state index contributed by atoms with van der Waals surface area (Å²) in [5.41, 5.74) is 1.35. The summed E-state index contributed by atoms with van der Waals surface area (Å²) in [6.07, 6.45) is 1.85. The van der Waals surface area contributed by atoms with Crippen LogP contribution >= 0.6 is 24.8 Å². The molecule has 0 radical (unpaired) electrons. The smallest absolute Gasteiger partial charge is 0.0492 e. The Balaban J connectivity index is 0.000000605. The molecule has 0 spiro atoms. The lowest BCUT2D eigenvalue weighted by Gasteiger charge is -2.26. The average molecular weight is 210 g/mol. The van der Waals surface area contributed by atoms with E-state index >= 15 is 0 Å². The lowest BCUT2D eigenvalue weighted by atomic mass is 10.00. The van der Waals surface area contributed by atoms with Crippen LogP contribution in [0.2, 0.25) is 0 Å². The van der Waals surface area contributed by atoms with Crippen molar-refractivity contribution in [3.63, 3.8) is 0 Å². The van der Waals surface area contributed by atoms with E-state index < -0.39 is 0 Å². The van der Waals surface area contributed by atoms with Crippen molar-refractivity contribution in [3.05, 3.63) is 18.0 Å². The number of hydrogen-bond acceptors (Lipinski definition) is 2. The Labute approximate surface area is 84.3 Å². The third-order valence-electron chi connectivity index (χ3n) is 2.06. The van der Waals surface area contributed by atoms with E-state index in [9.17, 15) is 0 Å². The Hall–Kier alpha value is -0.250. The van der Waals surface area contributed by atoms with Crippen molar-refractivity contribution < 1.29 is 0 Å². The lowest BCUT2D eigenvalue weighted by Crippen LogP contribution is -2.40.